The lowest BCUT2D eigenvalue weighted by atomic mass is 10.1. The van der Waals surface area contributed by atoms with E-state index in [0.29, 0.717) is 37.6 Å². The molecule has 1 atom stereocenters. The highest BCUT2D eigenvalue weighted by molar-refractivity contribution is 5.95. The van der Waals surface area contributed by atoms with Crippen LogP contribution in [0.4, 0.5) is 0 Å². The van der Waals surface area contributed by atoms with Gasteiger partial charge in [0, 0.05) is 43.2 Å². The second-order valence-corrected chi connectivity index (χ2v) is 6.24. The fourth-order valence-corrected chi connectivity index (χ4v) is 3.13. The van der Waals surface area contributed by atoms with Crippen molar-refractivity contribution in [1.82, 2.24) is 29.9 Å². The maximum absolute atomic E-state index is 13.0. The Morgan fingerprint density at radius 3 is 3.12 bits per heavy atom. The van der Waals surface area contributed by atoms with E-state index in [-0.39, 0.29) is 12.0 Å². The molecule has 1 N–H and O–H groups in total. The van der Waals surface area contributed by atoms with Crippen molar-refractivity contribution in [1.29, 1.82) is 0 Å². The molecule has 26 heavy (non-hydrogen) atoms. The molecule has 0 radical (unpaired) electrons. The highest BCUT2D eigenvalue weighted by Crippen LogP contribution is 2.18. The highest BCUT2D eigenvalue weighted by atomic mass is 16.5. The molecule has 0 aliphatic carbocycles. The number of nitrogens with zero attached hydrogens (tertiary/aromatic N) is 5. The molecular weight excluding hydrogens is 332 g/mol. The summed E-state index contributed by atoms with van der Waals surface area (Å²) in [5, 5.41) is 10.9. The Hall–Kier alpha value is -3.00. The van der Waals surface area contributed by atoms with Crippen LogP contribution in [0.15, 0.2) is 49.1 Å². The molecule has 0 bridgehead atoms. The van der Waals surface area contributed by atoms with Gasteiger partial charge in [0.25, 0.3) is 5.91 Å². The Balaban J connectivity index is 1.50. The van der Waals surface area contributed by atoms with Crippen LogP contribution < -0.4 is 0 Å². The number of H-pyrrole nitrogens is 1. The summed E-state index contributed by atoms with van der Waals surface area (Å²) in [5.74, 6) is 0.651. The molecule has 134 valence electrons. The van der Waals surface area contributed by atoms with Gasteiger partial charge in [0.1, 0.15) is 6.33 Å². The van der Waals surface area contributed by atoms with Crippen LogP contribution in [0.5, 0.6) is 0 Å². The van der Waals surface area contributed by atoms with E-state index >= 15 is 0 Å². The van der Waals surface area contributed by atoms with E-state index in [1.165, 1.54) is 6.33 Å². The monoisotopic (exact) mass is 352 g/mol. The van der Waals surface area contributed by atoms with Gasteiger partial charge in [-0.15, -0.1) is 0 Å². The third-order valence-electron chi connectivity index (χ3n) is 4.39. The predicted octanol–water partition coefficient (Wildman–Crippen LogP) is 1.60. The van der Waals surface area contributed by atoms with Gasteiger partial charge in [0.05, 0.1) is 12.6 Å². The third-order valence-corrected chi connectivity index (χ3v) is 4.39. The normalized spacial score (nSPS) is 17.8. The van der Waals surface area contributed by atoms with Crippen molar-refractivity contribution in [3.63, 3.8) is 0 Å². The quantitative estimate of drug-likeness (QED) is 0.770. The minimum atomic E-state index is -0.0705. The van der Waals surface area contributed by atoms with Crippen LogP contribution in [-0.4, -0.2) is 61.6 Å². The Bertz CT molecular complexity index is 846. The molecule has 4 rings (SSSR count). The molecule has 0 spiro atoms. The molecular formula is C18H20N6O2. The van der Waals surface area contributed by atoms with E-state index in [2.05, 4.69) is 20.3 Å². The molecule has 0 unspecified atom stereocenters. The number of aromatic amines is 1. The van der Waals surface area contributed by atoms with Crippen LogP contribution in [0, 0.1) is 0 Å². The van der Waals surface area contributed by atoms with Gasteiger partial charge >= 0.3 is 0 Å². The zero-order valence-electron chi connectivity index (χ0n) is 14.3. The minimum Gasteiger partial charge on any atom is -0.374 e. The van der Waals surface area contributed by atoms with Crippen LogP contribution in [0.2, 0.25) is 0 Å². The van der Waals surface area contributed by atoms with Crippen molar-refractivity contribution in [3.05, 3.63) is 54.6 Å². The Morgan fingerprint density at radius 1 is 1.35 bits per heavy atom. The number of aromatic nitrogens is 5. The lowest BCUT2D eigenvalue weighted by Gasteiger charge is -2.24. The summed E-state index contributed by atoms with van der Waals surface area (Å²) in [6, 6.07) is 9.33. The van der Waals surface area contributed by atoms with E-state index in [4.69, 9.17) is 4.74 Å². The SMILES string of the molecule is O=C(c1cccc(-c2ncn[nH]2)c1)N1CCCO[C@@H](Cn2cccn2)C1. The van der Waals surface area contributed by atoms with Crippen molar-refractivity contribution in [2.75, 3.05) is 19.7 Å². The Kier molecular flexibility index (Phi) is 4.74. The smallest absolute Gasteiger partial charge is 0.253 e. The minimum absolute atomic E-state index is 0.00216. The van der Waals surface area contributed by atoms with Crippen LogP contribution >= 0.6 is 0 Å². The predicted molar refractivity (Wildman–Crippen MR) is 94.3 cm³/mol. The van der Waals surface area contributed by atoms with Gasteiger partial charge in [-0.25, -0.2) is 4.98 Å². The lowest BCUT2D eigenvalue weighted by Crippen LogP contribution is -2.38. The average molecular weight is 352 g/mol. The van der Waals surface area contributed by atoms with Crippen LogP contribution in [0.3, 0.4) is 0 Å². The van der Waals surface area contributed by atoms with Gasteiger partial charge in [0.2, 0.25) is 0 Å². The number of ether oxygens (including phenoxy) is 1. The second-order valence-electron chi connectivity index (χ2n) is 6.24. The first-order valence-corrected chi connectivity index (χ1v) is 8.64. The summed E-state index contributed by atoms with van der Waals surface area (Å²) in [6.45, 7) is 2.51. The Morgan fingerprint density at radius 2 is 2.31 bits per heavy atom. The molecule has 1 aliphatic heterocycles. The van der Waals surface area contributed by atoms with E-state index in [9.17, 15) is 4.79 Å². The number of benzene rings is 1. The van der Waals surface area contributed by atoms with Crippen molar-refractivity contribution < 1.29 is 9.53 Å². The standard InChI is InChI=1S/C18H20N6O2/c25-18(15-5-1-4-14(10-15)17-19-13-20-22-17)23-7-3-9-26-16(11-23)12-24-8-2-6-21-24/h1-2,4-6,8,10,13,16H,3,7,9,11-12H2,(H,19,20,22)/t16-/m1/s1. The first kappa shape index (κ1) is 16.5. The van der Waals surface area contributed by atoms with Crippen molar-refractivity contribution in [2.24, 2.45) is 0 Å². The number of hydrogen-bond donors (Lipinski definition) is 1. The van der Waals surface area contributed by atoms with Gasteiger partial charge in [0.15, 0.2) is 5.82 Å². The maximum atomic E-state index is 13.0. The van der Waals surface area contributed by atoms with Gasteiger partial charge < -0.3 is 9.64 Å². The number of rotatable bonds is 4. The number of nitrogens with one attached hydrogen (secondary N) is 1. The fraction of sp³-hybridized carbons (Fsp3) is 0.333. The molecule has 2 aromatic heterocycles. The van der Waals surface area contributed by atoms with Crippen molar-refractivity contribution >= 4 is 5.91 Å². The molecule has 3 aromatic rings. The summed E-state index contributed by atoms with van der Waals surface area (Å²) in [7, 11) is 0. The summed E-state index contributed by atoms with van der Waals surface area (Å²) >= 11 is 0. The van der Waals surface area contributed by atoms with E-state index in [0.717, 1.165) is 12.0 Å². The van der Waals surface area contributed by atoms with Crippen LogP contribution in [0.25, 0.3) is 11.4 Å². The first-order valence-electron chi connectivity index (χ1n) is 8.64. The van der Waals surface area contributed by atoms with Gasteiger partial charge in [-0.05, 0) is 24.6 Å². The molecule has 1 fully saturated rings. The molecule has 1 saturated heterocycles. The largest absolute Gasteiger partial charge is 0.374 e. The van der Waals surface area contributed by atoms with Gasteiger partial charge in [-0.2, -0.15) is 10.2 Å². The maximum Gasteiger partial charge on any atom is 0.253 e. The summed E-state index contributed by atoms with van der Waals surface area (Å²) in [5.41, 5.74) is 1.48. The topological polar surface area (TPSA) is 88.9 Å². The Labute approximate surface area is 150 Å². The van der Waals surface area contributed by atoms with E-state index < -0.39 is 0 Å². The van der Waals surface area contributed by atoms with Crippen molar-refractivity contribution in [3.8, 4) is 11.4 Å². The summed E-state index contributed by atoms with van der Waals surface area (Å²) in [4.78, 5) is 19.0. The third kappa shape index (κ3) is 3.65. The summed E-state index contributed by atoms with van der Waals surface area (Å²) < 4.78 is 7.73. The lowest BCUT2D eigenvalue weighted by molar-refractivity contribution is 0.0367. The van der Waals surface area contributed by atoms with E-state index in [1.54, 1.807) is 6.20 Å². The summed E-state index contributed by atoms with van der Waals surface area (Å²) in [6.07, 6.45) is 5.85. The molecule has 0 saturated carbocycles. The average Bonchev–Trinajstić information content (AvgIpc) is 3.33. The number of hydrogen-bond acceptors (Lipinski definition) is 5. The fourth-order valence-electron chi connectivity index (χ4n) is 3.13. The molecule has 1 aliphatic rings. The number of carbonyl (C=O) groups is 1. The van der Waals surface area contributed by atoms with E-state index in [1.807, 2.05) is 46.1 Å². The van der Waals surface area contributed by atoms with Crippen LogP contribution in [-0.2, 0) is 11.3 Å². The molecule has 8 heteroatoms. The van der Waals surface area contributed by atoms with Crippen LogP contribution in [0.1, 0.15) is 16.8 Å². The number of amides is 1. The van der Waals surface area contributed by atoms with Crippen molar-refractivity contribution in [2.45, 2.75) is 19.1 Å². The molecule has 8 nitrogen and oxygen atoms in total. The van der Waals surface area contributed by atoms with Gasteiger partial charge in [-0.1, -0.05) is 12.1 Å². The first-order chi connectivity index (χ1) is 12.8. The molecule has 3 heterocycles. The zero-order valence-corrected chi connectivity index (χ0v) is 14.3. The second kappa shape index (κ2) is 7.49. The molecule has 1 amide bonds. The zero-order chi connectivity index (χ0) is 17.8. The highest BCUT2D eigenvalue weighted by Gasteiger charge is 2.24. The molecule has 1 aromatic carbocycles. The number of carbonyl (C=O) groups excluding carboxylic acids is 1. The van der Waals surface area contributed by atoms with Gasteiger partial charge in [-0.3, -0.25) is 14.6 Å².